The molecule has 1 aromatic carbocycles. The van der Waals surface area contributed by atoms with Gasteiger partial charge in [-0.1, -0.05) is 18.2 Å². The van der Waals surface area contributed by atoms with Gasteiger partial charge in [-0.3, -0.25) is 4.57 Å². The molecule has 3 rings (SSSR count). The number of nitrogens with one attached hydrogen (secondary N) is 1. The van der Waals surface area contributed by atoms with E-state index in [1.807, 2.05) is 30.5 Å². The monoisotopic (exact) mass is 392 g/mol. The third kappa shape index (κ3) is 3.50. The molecule has 0 amide bonds. The Labute approximate surface area is 156 Å². The third-order valence-corrected chi connectivity index (χ3v) is 6.71. The number of thiophene rings is 1. The minimum Gasteiger partial charge on any atom is -0.277 e. The first-order chi connectivity index (χ1) is 12.3. The van der Waals surface area contributed by atoms with Gasteiger partial charge in [0.2, 0.25) is 10.0 Å². The maximum atomic E-state index is 12.5. The van der Waals surface area contributed by atoms with Crippen molar-refractivity contribution in [2.75, 3.05) is 6.54 Å². The van der Waals surface area contributed by atoms with Gasteiger partial charge >= 0.3 is 5.69 Å². The summed E-state index contributed by atoms with van der Waals surface area (Å²) < 4.78 is 30.3. The number of nitrogens with zero attached hydrogens (tertiary/aromatic N) is 3. The molecule has 2 heterocycles. The Morgan fingerprint density at radius 3 is 2.65 bits per heavy atom. The fourth-order valence-corrected chi connectivity index (χ4v) is 4.71. The Morgan fingerprint density at radius 2 is 1.96 bits per heavy atom. The summed E-state index contributed by atoms with van der Waals surface area (Å²) in [7, 11) is -1.99. The van der Waals surface area contributed by atoms with E-state index in [2.05, 4.69) is 9.82 Å². The van der Waals surface area contributed by atoms with Crippen LogP contribution in [0.1, 0.15) is 11.1 Å². The van der Waals surface area contributed by atoms with Crippen molar-refractivity contribution in [2.24, 2.45) is 7.05 Å². The van der Waals surface area contributed by atoms with Crippen molar-refractivity contribution in [2.45, 2.75) is 25.3 Å². The van der Waals surface area contributed by atoms with E-state index >= 15 is 0 Å². The van der Waals surface area contributed by atoms with Crippen LogP contribution in [0, 0.1) is 13.8 Å². The van der Waals surface area contributed by atoms with Gasteiger partial charge in [-0.15, -0.1) is 16.4 Å². The molecule has 9 heteroatoms. The molecule has 0 fully saturated rings. The first-order valence-corrected chi connectivity index (χ1v) is 10.4. The van der Waals surface area contributed by atoms with Crippen molar-refractivity contribution in [1.82, 2.24) is 19.1 Å². The molecule has 0 saturated carbocycles. The molecule has 1 N–H and O–H groups in total. The Hall–Kier alpha value is -2.23. The number of rotatable bonds is 6. The number of hydrogen-bond donors (Lipinski definition) is 1. The Bertz CT molecular complexity index is 1080. The molecule has 7 nitrogen and oxygen atoms in total. The molecule has 0 aliphatic carbocycles. The minimum atomic E-state index is -3.64. The second kappa shape index (κ2) is 7.18. The molecular weight excluding hydrogens is 372 g/mol. The Morgan fingerprint density at radius 1 is 1.19 bits per heavy atom. The number of hydrogen-bond acceptors (Lipinski definition) is 5. The standard InChI is InChI=1S/C17H20N4O3S2/c1-12-6-4-8-15(13(12)2)26(23,24)18-9-10-21-17(22)20(3)16(19-21)14-7-5-11-25-14/h4-8,11,18H,9-10H2,1-3H3. The summed E-state index contributed by atoms with van der Waals surface area (Å²) in [6.07, 6.45) is 0. The predicted octanol–water partition coefficient (Wildman–Crippen LogP) is 1.91. The zero-order valence-electron chi connectivity index (χ0n) is 14.8. The van der Waals surface area contributed by atoms with Crippen LogP contribution in [0.15, 0.2) is 45.4 Å². The van der Waals surface area contributed by atoms with Crippen molar-refractivity contribution in [1.29, 1.82) is 0 Å². The lowest BCUT2D eigenvalue weighted by Gasteiger charge is -2.10. The van der Waals surface area contributed by atoms with E-state index < -0.39 is 10.0 Å². The molecule has 0 aliphatic heterocycles. The van der Waals surface area contributed by atoms with Gasteiger partial charge in [0.1, 0.15) is 0 Å². The molecule has 0 bridgehead atoms. The summed E-state index contributed by atoms with van der Waals surface area (Å²) in [4.78, 5) is 13.4. The van der Waals surface area contributed by atoms with Gasteiger partial charge in [0.25, 0.3) is 0 Å². The maximum absolute atomic E-state index is 12.5. The molecule has 0 radical (unpaired) electrons. The van der Waals surface area contributed by atoms with Crippen molar-refractivity contribution < 1.29 is 8.42 Å². The van der Waals surface area contributed by atoms with Gasteiger partial charge < -0.3 is 0 Å². The van der Waals surface area contributed by atoms with E-state index in [9.17, 15) is 13.2 Å². The van der Waals surface area contributed by atoms with Crippen LogP contribution < -0.4 is 10.4 Å². The molecule has 0 aliphatic rings. The van der Waals surface area contributed by atoms with Gasteiger partial charge in [-0.2, -0.15) is 0 Å². The second-order valence-corrected chi connectivity index (χ2v) is 8.64. The van der Waals surface area contributed by atoms with E-state index in [-0.39, 0.29) is 23.7 Å². The summed E-state index contributed by atoms with van der Waals surface area (Å²) in [6, 6.07) is 8.94. The van der Waals surface area contributed by atoms with E-state index in [0.29, 0.717) is 5.82 Å². The summed E-state index contributed by atoms with van der Waals surface area (Å²) in [6.45, 7) is 3.88. The van der Waals surface area contributed by atoms with Crippen LogP contribution in [0.3, 0.4) is 0 Å². The van der Waals surface area contributed by atoms with E-state index in [1.54, 1.807) is 26.1 Å². The quantitative estimate of drug-likeness (QED) is 0.694. The first-order valence-electron chi connectivity index (χ1n) is 8.05. The van der Waals surface area contributed by atoms with Crippen molar-refractivity contribution in [3.63, 3.8) is 0 Å². The van der Waals surface area contributed by atoms with Gasteiger partial charge in [-0.25, -0.2) is 22.6 Å². The zero-order valence-corrected chi connectivity index (χ0v) is 16.4. The molecule has 3 aromatic rings. The molecular formula is C17H20N4O3S2. The average molecular weight is 393 g/mol. The fraction of sp³-hybridized carbons (Fsp3) is 0.294. The highest BCUT2D eigenvalue weighted by molar-refractivity contribution is 7.89. The maximum Gasteiger partial charge on any atom is 0.345 e. The number of sulfonamides is 1. The van der Waals surface area contributed by atoms with E-state index in [4.69, 9.17) is 0 Å². The highest BCUT2D eigenvalue weighted by Gasteiger charge is 2.18. The van der Waals surface area contributed by atoms with Crippen molar-refractivity contribution in [3.8, 4) is 10.7 Å². The van der Waals surface area contributed by atoms with Gasteiger partial charge in [0.05, 0.1) is 16.3 Å². The number of aromatic nitrogens is 3. The number of aryl methyl sites for hydroxylation is 1. The molecule has 2 aromatic heterocycles. The topological polar surface area (TPSA) is 86.0 Å². The fourth-order valence-electron chi connectivity index (χ4n) is 2.63. The average Bonchev–Trinajstić information content (AvgIpc) is 3.21. The largest absolute Gasteiger partial charge is 0.345 e. The van der Waals surface area contributed by atoms with Crippen LogP contribution in [0.2, 0.25) is 0 Å². The highest BCUT2D eigenvalue weighted by Crippen LogP contribution is 2.21. The first kappa shape index (κ1) is 18.6. The van der Waals surface area contributed by atoms with Gasteiger partial charge in [0.15, 0.2) is 5.82 Å². The minimum absolute atomic E-state index is 0.0799. The smallest absolute Gasteiger partial charge is 0.277 e. The Balaban J connectivity index is 1.75. The van der Waals surface area contributed by atoms with E-state index in [1.165, 1.54) is 20.6 Å². The molecule has 0 atom stereocenters. The summed E-state index contributed by atoms with van der Waals surface area (Å²) in [5.41, 5.74) is 1.35. The molecule has 0 unspecified atom stereocenters. The predicted molar refractivity (Wildman–Crippen MR) is 102 cm³/mol. The lowest BCUT2D eigenvalue weighted by molar-refractivity contribution is 0.550. The normalized spacial score (nSPS) is 11.8. The third-order valence-electron chi connectivity index (χ3n) is 4.24. The van der Waals surface area contributed by atoms with Crippen LogP contribution in [-0.2, 0) is 23.6 Å². The van der Waals surface area contributed by atoms with Crippen LogP contribution in [-0.4, -0.2) is 29.3 Å². The van der Waals surface area contributed by atoms with Gasteiger partial charge in [0, 0.05) is 13.6 Å². The number of benzene rings is 1. The molecule has 0 spiro atoms. The highest BCUT2D eigenvalue weighted by atomic mass is 32.2. The lowest BCUT2D eigenvalue weighted by atomic mass is 10.1. The van der Waals surface area contributed by atoms with Crippen LogP contribution in [0.4, 0.5) is 0 Å². The van der Waals surface area contributed by atoms with Crippen LogP contribution in [0.25, 0.3) is 10.7 Å². The summed E-state index contributed by atoms with van der Waals surface area (Å²) >= 11 is 1.49. The van der Waals surface area contributed by atoms with E-state index in [0.717, 1.165) is 16.0 Å². The molecule has 138 valence electrons. The second-order valence-electron chi connectivity index (χ2n) is 5.96. The lowest BCUT2D eigenvalue weighted by Crippen LogP contribution is -2.32. The molecule has 0 saturated heterocycles. The zero-order chi connectivity index (χ0) is 18.9. The van der Waals surface area contributed by atoms with Crippen LogP contribution in [0.5, 0.6) is 0 Å². The molecule has 26 heavy (non-hydrogen) atoms. The SMILES string of the molecule is Cc1cccc(S(=O)(=O)NCCn2nc(-c3cccs3)n(C)c2=O)c1C. The van der Waals surface area contributed by atoms with Crippen molar-refractivity contribution >= 4 is 21.4 Å². The van der Waals surface area contributed by atoms with Crippen molar-refractivity contribution in [3.05, 3.63) is 57.3 Å². The van der Waals surface area contributed by atoms with Gasteiger partial charge in [-0.05, 0) is 42.5 Å². The summed E-state index contributed by atoms with van der Waals surface area (Å²) in [5, 5.41) is 6.23. The van der Waals surface area contributed by atoms with Crippen LogP contribution >= 0.6 is 11.3 Å². The summed E-state index contributed by atoms with van der Waals surface area (Å²) in [5.74, 6) is 0.572. The Kier molecular flexibility index (Phi) is 5.12.